The smallest absolute Gasteiger partial charge is 0.222 e. The lowest BCUT2D eigenvalue weighted by Gasteiger charge is -2.09. The summed E-state index contributed by atoms with van der Waals surface area (Å²) in [6, 6.07) is 0. The van der Waals surface area contributed by atoms with E-state index in [4.69, 9.17) is 0 Å². The molecule has 14 heavy (non-hydrogen) atoms. The molecule has 1 atom stereocenters. The summed E-state index contributed by atoms with van der Waals surface area (Å²) in [7, 11) is 0. The van der Waals surface area contributed by atoms with Gasteiger partial charge in [0.25, 0.3) is 0 Å². The van der Waals surface area contributed by atoms with Gasteiger partial charge in [-0.1, -0.05) is 13.8 Å². The molecule has 0 aromatic carbocycles. The van der Waals surface area contributed by atoms with Gasteiger partial charge >= 0.3 is 0 Å². The molecule has 0 bridgehead atoms. The van der Waals surface area contributed by atoms with Gasteiger partial charge in [-0.2, -0.15) is 5.10 Å². The third kappa shape index (κ3) is 3.16. The minimum absolute atomic E-state index is 0.0887. The van der Waals surface area contributed by atoms with Gasteiger partial charge in [-0.05, 0) is 6.42 Å². The van der Waals surface area contributed by atoms with E-state index in [2.05, 4.69) is 15.4 Å². The molecule has 0 aliphatic heterocycles. The Labute approximate surface area is 83.5 Å². The largest absolute Gasteiger partial charge is 0.354 e. The number of rotatable bonds is 5. The Morgan fingerprint density at radius 3 is 3.00 bits per heavy atom. The van der Waals surface area contributed by atoms with Gasteiger partial charge in [-0.15, -0.1) is 0 Å². The van der Waals surface area contributed by atoms with Crippen molar-refractivity contribution in [2.75, 3.05) is 6.54 Å². The monoisotopic (exact) mass is 196 g/mol. The molecule has 1 N–H and O–H groups in total. The predicted octanol–water partition coefficient (Wildman–Crippen LogP) is 0.440. The van der Waals surface area contributed by atoms with Crippen molar-refractivity contribution in [2.24, 2.45) is 5.92 Å². The highest BCUT2D eigenvalue weighted by Gasteiger charge is 2.08. The summed E-state index contributed by atoms with van der Waals surface area (Å²) in [5.41, 5.74) is 0. The molecule has 0 radical (unpaired) electrons. The van der Waals surface area contributed by atoms with E-state index in [1.807, 2.05) is 13.8 Å². The van der Waals surface area contributed by atoms with Crippen molar-refractivity contribution in [3.05, 3.63) is 12.7 Å². The Balaban J connectivity index is 2.18. The molecule has 1 rings (SSSR count). The lowest BCUT2D eigenvalue weighted by molar-refractivity contribution is -0.124. The third-order valence-electron chi connectivity index (χ3n) is 2.17. The van der Waals surface area contributed by atoms with Gasteiger partial charge in [-0.3, -0.25) is 9.48 Å². The first-order valence-electron chi connectivity index (χ1n) is 4.84. The van der Waals surface area contributed by atoms with E-state index < -0.39 is 0 Å². The number of nitrogens with one attached hydrogen (secondary N) is 1. The first-order chi connectivity index (χ1) is 6.74. The quantitative estimate of drug-likeness (QED) is 0.743. The second-order valence-electron chi connectivity index (χ2n) is 3.26. The molecule has 78 valence electrons. The second-order valence-corrected chi connectivity index (χ2v) is 3.26. The minimum atomic E-state index is 0.0887. The van der Waals surface area contributed by atoms with Crippen molar-refractivity contribution in [1.82, 2.24) is 20.1 Å². The fourth-order valence-corrected chi connectivity index (χ4v) is 1.00. The Bertz CT molecular complexity index is 270. The first-order valence-corrected chi connectivity index (χ1v) is 4.84. The Kier molecular flexibility index (Phi) is 4.10. The molecule has 0 saturated carbocycles. The van der Waals surface area contributed by atoms with Gasteiger partial charge in [0, 0.05) is 12.5 Å². The van der Waals surface area contributed by atoms with Gasteiger partial charge in [0.05, 0.1) is 6.54 Å². The fourth-order valence-electron chi connectivity index (χ4n) is 1.00. The molecule has 1 heterocycles. The maximum Gasteiger partial charge on any atom is 0.222 e. The first kappa shape index (κ1) is 10.7. The SMILES string of the molecule is CCC(C)C(=O)NCCn1cncn1. The van der Waals surface area contributed by atoms with E-state index in [1.54, 1.807) is 11.0 Å². The molecule has 5 heteroatoms. The van der Waals surface area contributed by atoms with Crippen LogP contribution < -0.4 is 5.32 Å². The fraction of sp³-hybridized carbons (Fsp3) is 0.667. The lowest BCUT2D eigenvalue weighted by atomic mass is 10.1. The maximum atomic E-state index is 11.3. The van der Waals surface area contributed by atoms with Crippen molar-refractivity contribution in [3.63, 3.8) is 0 Å². The van der Waals surface area contributed by atoms with Crippen molar-refractivity contribution in [1.29, 1.82) is 0 Å². The minimum Gasteiger partial charge on any atom is -0.354 e. The van der Waals surface area contributed by atoms with Gasteiger partial charge in [0.1, 0.15) is 12.7 Å². The number of carbonyl (C=O) groups is 1. The van der Waals surface area contributed by atoms with Crippen LogP contribution >= 0.6 is 0 Å². The van der Waals surface area contributed by atoms with Gasteiger partial charge in [-0.25, -0.2) is 4.98 Å². The van der Waals surface area contributed by atoms with E-state index in [9.17, 15) is 4.79 Å². The normalized spacial score (nSPS) is 12.4. The van der Waals surface area contributed by atoms with Crippen LogP contribution in [0.15, 0.2) is 12.7 Å². The molecule has 0 aliphatic rings. The van der Waals surface area contributed by atoms with Crippen LogP contribution in [0.3, 0.4) is 0 Å². The van der Waals surface area contributed by atoms with Crippen molar-refractivity contribution in [3.8, 4) is 0 Å². The summed E-state index contributed by atoms with van der Waals surface area (Å²) in [6.07, 6.45) is 3.99. The van der Waals surface area contributed by atoms with Crippen LogP contribution in [0.5, 0.6) is 0 Å². The van der Waals surface area contributed by atoms with Crippen LogP contribution in [-0.4, -0.2) is 27.2 Å². The molecule has 1 aromatic rings. The van der Waals surface area contributed by atoms with Crippen LogP contribution in [0, 0.1) is 5.92 Å². The van der Waals surface area contributed by atoms with E-state index in [0.29, 0.717) is 13.1 Å². The number of amides is 1. The van der Waals surface area contributed by atoms with Crippen LogP contribution in [0.1, 0.15) is 20.3 Å². The zero-order chi connectivity index (χ0) is 10.4. The molecule has 0 aliphatic carbocycles. The number of hydrogen-bond donors (Lipinski definition) is 1. The van der Waals surface area contributed by atoms with Crippen LogP contribution in [0.4, 0.5) is 0 Å². The zero-order valence-corrected chi connectivity index (χ0v) is 8.60. The third-order valence-corrected chi connectivity index (χ3v) is 2.17. The van der Waals surface area contributed by atoms with E-state index in [0.717, 1.165) is 6.42 Å². The number of aromatic nitrogens is 3. The van der Waals surface area contributed by atoms with Crippen molar-refractivity contribution >= 4 is 5.91 Å². The highest BCUT2D eigenvalue weighted by molar-refractivity contribution is 5.78. The van der Waals surface area contributed by atoms with E-state index in [1.165, 1.54) is 6.33 Å². The summed E-state index contributed by atoms with van der Waals surface area (Å²) in [5.74, 6) is 0.193. The lowest BCUT2D eigenvalue weighted by Crippen LogP contribution is -2.31. The maximum absolute atomic E-state index is 11.3. The van der Waals surface area contributed by atoms with Gasteiger partial charge in [0.2, 0.25) is 5.91 Å². The molecule has 0 spiro atoms. The predicted molar refractivity (Wildman–Crippen MR) is 52.5 cm³/mol. The average molecular weight is 196 g/mol. The van der Waals surface area contributed by atoms with Crippen LogP contribution in [-0.2, 0) is 11.3 Å². The van der Waals surface area contributed by atoms with Crippen LogP contribution in [0.25, 0.3) is 0 Å². The Morgan fingerprint density at radius 2 is 2.43 bits per heavy atom. The summed E-state index contributed by atoms with van der Waals surface area (Å²) in [4.78, 5) is 15.2. The number of hydrogen-bond acceptors (Lipinski definition) is 3. The molecule has 1 aromatic heterocycles. The molecule has 1 unspecified atom stereocenters. The highest BCUT2D eigenvalue weighted by atomic mass is 16.1. The summed E-state index contributed by atoms with van der Waals surface area (Å²) in [5, 5.41) is 6.78. The molecule has 0 saturated heterocycles. The second kappa shape index (κ2) is 5.36. The highest BCUT2D eigenvalue weighted by Crippen LogP contribution is 1.98. The van der Waals surface area contributed by atoms with Gasteiger partial charge in [0.15, 0.2) is 0 Å². The summed E-state index contributed by atoms with van der Waals surface area (Å²) >= 11 is 0. The standard InChI is InChI=1S/C9H16N4O/c1-3-8(2)9(14)11-4-5-13-7-10-6-12-13/h6-8H,3-5H2,1-2H3,(H,11,14). The summed E-state index contributed by atoms with van der Waals surface area (Å²) < 4.78 is 1.69. The zero-order valence-electron chi connectivity index (χ0n) is 8.60. The van der Waals surface area contributed by atoms with E-state index >= 15 is 0 Å². The molecule has 1 amide bonds. The molecular weight excluding hydrogens is 180 g/mol. The van der Waals surface area contributed by atoms with Gasteiger partial charge < -0.3 is 5.32 Å². The van der Waals surface area contributed by atoms with Crippen molar-refractivity contribution in [2.45, 2.75) is 26.8 Å². The van der Waals surface area contributed by atoms with Crippen LogP contribution in [0.2, 0.25) is 0 Å². The Hall–Kier alpha value is -1.39. The Morgan fingerprint density at radius 1 is 1.64 bits per heavy atom. The average Bonchev–Trinajstić information content (AvgIpc) is 2.69. The van der Waals surface area contributed by atoms with Crippen molar-refractivity contribution < 1.29 is 4.79 Å². The number of nitrogens with zero attached hydrogens (tertiary/aromatic N) is 3. The van der Waals surface area contributed by atoms with E-state index in [-0.39, 0.29) is 11.8 Å². The topological polar surface area (TPSA) is 59.8 Å². The molecule has 5 nitrogen and oxygen atoms in total. The summed E-state index contributed by atoms with van der Waals surface area (Å²) in [6.45, 7) is 5.20. The molecular formula is C9H16N4O. The number of carbonyl (C=O) groups excluding carboxylic acids is 1. The molecule has 0 fully saturated rings.